The lowest BCUT2D eigenvalue weighted by Crippen LogP contribution is -2.13. The third kappa shape index (κ3) is 3.39. The summed E-state index contributed by atoms with van der Waals surface area (Å²) < 4.78 is 18.3. The summed E-state index contributed by atoms with van der Waals surface area (Å²) in [4.78, 5) is 0. The minimum atomic E-state index is -0.922. The van der Waals surface area contributed by atoms with Gasteiger partial charge in [-0.1, -0.05) is 6.92 Å². The quantitative estimate of drug-likeness (QED) is 0.530. The van der Waals surface area contributed by atoms with E-state index in [-0.39, 0.29) is 5.82 Å². The number of aliphatic hydroxyl groups is 1. The summed E-state index contributed by atoms with van der Waals surface area (Å²) in [6.07, 6.45) is -0.163. The van der Waals surface area contributed by atoms with Crippen LogP contribution in [0, 0.1) is 16.3 Å². The van der Waals surface area contributed by atoms with E-state index in [9.17, 15) is 9.50 Å². The number of hydrogen-bond acceptors (Lipinski definition) is 3. The Hall–Kier alpha value is -1.26. The van der Waals surface area contributed by atoms with Gasteiger partial charge < -0.3 is 5.11 Å². The smallest absolute Gasteiger partial charge is 0.139 e. The molecule has 0 bridgehead atoms. The van der Waals surface area contributed by atoms with E-state index in [0.29, 0.717) is 15.0 Å². The van der Waals surface area contributed by atoms with E-state index in [4.69, 9.17) is 0 Å². The van der Waals surface area contributed by atoms with Gasteiger partial charge in [-0.3, -0.25) is 4.68 Å². The molecule has 0 aliphatic carbocycles. The molecule has 0 fully saturated rings. The Balaban J connectivity index is 2.14. The fourth-order valence-corrected chi connectivity index (χ4v) is 4.33. The van der Waals surface area contributed by atoms with Crippen LogP contribution in [0.25, 0.3) is 5.69 Å². The molecule has 1 N–H and O–H groups in total. The van der Waals surface area contributed by atoms with Gasteiger partial charge in [-0.2, -0.15) is 10.2 Å². The van der Waals surface area contributed by atoms with Crippen molar-refractivity contribution < 1.29 is 9.50 Å². The zero-order valence-electron chi connectivity index (χ0n) is 14.0. The summed E-state index contributed by atoms with van der Waals surface area (Å²) in [6.45, 7) is 3.87. The van der Waals surface area contributed by atoms with E-state index < -0.39 is 6.10 Å². The molecule has 8 heteroatoms. The molecule has 5 nitrogen and oxygen atoms in total. The van der Waals surface area contributed by atoms with Gasteiger partial charge in [-0.05, 0) is 76.1 Å². The molecular weight excluding hydrogens is 502 g/mol. The number of halogens is 3. The Labute approximate surface area is 167 Å². The lowest BCUT2D eigenvalue weighted by molar-refractivity contribution is 0.201. The van der Waals surface area contributed by atoms with Gasteiger partial charge in [0.15, 0.2) is 0 Å². The molecule has 0 saturated carbocycles. The van der Waals surface area contributed by atoms with Crippen molar-refractivity contribution in [2.24, 2.45) is 7.05 Å². The van der Waals surface area contributed by atoms with Crippen molar-refractivity contribution in [3.05, 3.63) is 60.9 Å². The third-order valence-electron chi connectivity index (χ3n) is 3.97. The van der Waals surface area contributed by atoms with Gasteiger partial charge in [0, 0.05) is 10.6 Å². The number of aryl methyl sites for hydroxylation is 3. The molecule has 0 amide bonds. The Morgan fingerprint density at radius 3 is 2.64 bits per heavy atom. The van der Waals surface area contributed by atoms with Gasteiger partial charge in [-0.15, -0.1) is 0 Å². The van der Waals surface area contributed by atoms with Crippen molar-refractivity contribution in [1.29, 1.82) is 0 Å². The van der Waals surface area contributed by atoms with E-state index in [1.807, 2.05) is 19.9 Å². The molecule has 0 spiro atoms. The van der Waals surface area contributed by atoms with Crippen molar-refractivity contribution in [3.8, 4) is 5.69 Å². The largest absolute Gasteiger partial charge is 0.380 e. The molecule has 3 aromatic rings. The summed E-state index contributed by atoms with van der Waals surface area (Å²) in [7, 11) is 1.80. The standard InChI is InChI=1S/C17H17BrFIN4O/c1-4-12-15(18)16(23(3)22-12)17(25)14-7-9(2)21-24(14)13-6-5-10(19)8-11(13)20/h5-8,17,25H,4H2,1-3H3. The summed E-state index contributed by atoms with van der Waals surface area (Å²) >= 11 is 5.62. The molecule has 0 aliphatic rings. The first kappa shape index (κ1) is 18.5. The van der Waals surface area contributed by atoms with Crippen LogP contribution in [0.3, 0.4) is 0 Å². The predicted octanol–water partition coefficient (Wildman–Crippen LogP) is 4.06. The monoisotopic (exact) mass is 518 g/mol. The van der Waals surface area contributed by atoms with E-state index in [0.717, 1.165) is 28.0 Å². The van der Waals surface area contributed by atoms with Crippen LogP contribution in [0.1, 0.15) is 35.8 Å². The Morgan fingerprint density at radius 2 is 2.04 bits per heavy atom. The van der Waals surface area contributed by atoms with Crippen LogP contribution in [0.5, 0.6) is 0 Å². The van der Waals surface area contributed by atoms with Crippen molar-refractivity contribution in [2.45, 2.75) is 26.4 Å². The molecule has 1 unspecified atom stereocenters. The second-order valence-electron chi connectivity index (χ2n) is 5.74. The van der Waals surface area contributed by atoms with Gasteiger partial charge in [0.05, 0.1) is 32.9 Å². The van der Waals surface area contributed by atoms with Gasteiger partial charge in [0.25, 0.3) is 0 Å². The van der Waals surface area contributed by atoms with Gasteiger partial charge >= 0.3 is 0 Å². The number of benzene rings is 1. The van der Waals surface area contributed by atoms with Crippen LogP contribution in [0.15, 0.2) is 28.7 Å². The maximum Gasteiger partial charge on any atom is 0.139 e. The normalized spacial score (nSPS) is 12.6. The SMILES string of the molecule is CCc1nn(C)c(C(O)c2cc(C)nn2-c2ccc(F)cc2I)c1Br. The van der Waals surface area contributed by atoms with Crippen LogP contribution in [-0.2, 0) is 13.5 Å². The van der Waals surface area contributed by atoms with Gasteiger partial charge in [0.2, 0.25) is 0 Å². The second kappa shape index (κ2) is 7.16. The van der Waals surface area contributed by atoms with Crippen molar-refractivity contribution >= 4 is 38.5 Å². The summed E-state index contributed by atoms with van der Waals surface area (Å²) in [6, 6.07) is 6.32. The number of rotatable bonds is 4. The highest BCUT2D eigenvalue weighted by Crippen LogP contribution is 2.33. The highest BCUT2D eigenvalue weighted by atomic mass is 127. The zero-order valence-corrected chi connectivity index (χ0v) is 17.7. The Bertz CT molecular complexity index is 937. The average molecular weight is 519 g/mol. The molecule has 2 aromatic heterocycles. The first-order chi connectivity index (χ1) is 11.8. The van der Waals surface area contributed by atoms with Crippen LogP contribution >= 0.6 is 38.5 Å². The molecule has 1 atom stereocenters. The molecule has 3 rings (SSSR count). The summed E-state index contributed by atoms with van der Waals surface area (Å²) in [5.74, 6) is -0.305. The van der Waals surface area contributed by atoms with Gasteiger partial charge in [-0.25, -0.2) is 9.07 Å². The lowest BCUT2D eigenvalue weighted by Gasteiger charge is -2.15. The number of aromatic nitrogens is 4. The Morgan fingerprint density at radius 1 is 1.32 bits per heavy atom. The maximum atomic E-state index is 13.4. The summed E-state index contributed by atoms with van der Waals surface area (Å²) in [5, 5.41) is 20.0. The maximum absolute atomic E-state index is 13.4. The molecule has 0 aliphatic heterocycles. The molecule has 25 heavy (non-hydrogen) atoms. The molecule has 0 saturated heterocycles. The molecule has 0 radical (unpaired) electrons. The van der Waals surface area contributed by atoms with Crippen molar-refractivity contribution in [1.82, 2.24) is 19.6 Å². The van der Waals surface area contributed by atoms with Crippen molar-refractivity contribution in [2.75, 3.05) is 0 Å². The molecular formula is C17H17BrFIN4O. The van der Waals surface area contributed by atoms with Crippen molar-refractivity contribution in [3.63, 3.8) is 0 Å². The number of aliphatic hydroxyl groups excluding tert-OH is 1. The van der Waals surface area contributed by atoms with Crippen LogP contribution in [0.2, 0.25) is 0 Å². The zero-order chi connectivity index (χ0) is 18.3. The fraction of sp³-hybridized carbons (Fsp3) is 0.294. The molecule has 132 valence electrons. The van der Waals surface area contributed by atoms with Crippen LogP contribution in [0.4, 0.5) is 4.39 Å². The minimum absolute atomic E-state index is 0.305. The first-order valence-corrected chi connectivity index (χ1v) is 9.62. The fourth-order valence-electron chi connectivity index (χ4n) is 2.79. The molecule has 1 aromatic carbocycles. The minimum Gasteiger partial charge on any atom is -0.380 e. The highest BCUT2D eigenvalue weighted by Gasteiger charge is 2.26. The summed E-state index contributed by atoms with van der Waals surface area (Å²) in [5.41, 5.74) is 3.64. The third-order valence-corrected chi connectivity index (χ3v) is 5.70. The van der Waals surface area contributed by atoms with Gasteiger partial charge in [0.1, 0.15) is 11.9 Å². The molecule has 2 heterocycles. The van der Waals surface area contributed by atoms with E-state index in [1.165, 1.54) is 12.1 Å². The second-order valence-corrected chi connectivity index (χ2v) is 7.70. The van der Waals surface area contributed by atoms with E-state index in [2.05, 4.69) is 48.7 Å². The highest BCUT2D eigenvalue weighted by molar-refractivity contribution is 14.1. The van der Waals surface area contributed by atoms with E-state index in [1.54, 1.807) is 22.5 Å². The first-order valence-electron chi connectivity index (χ1n) is 7.74. The average Bonchev–Trinajstić information content (AvgIpc) is 3.06. The Kier molecular flexibility index (Phi) is 5.31. The number of hydrogen-bond donors (Lipinski definition) is 1. The number of nitrogens with zero attached hydrogens (tertiary/aromatic N) is 4. The predicted molar refractivity (Wildman–Crippen MR) is 105 cm³/mol. The lowest BCUT2D eigenvalue weighted by atomic mass is 10.1. The van der Waals surface area contributed by atoms with Crippen LogP contribution in [-0.4, -0.2) is 24.7 Å². The topological polar surface area (TPSA) is 55.9 Å². The van der Waals surface area contributed by atoms with E-state index >= 15 is 0 Å². The van der Waals surface area contributed by atoms with Crippen LogP contribution < -0.4 is 0 Å².